The van der Waals surface area contributed by atoms with Crippen LogP contribution in [0, 0.1) is 6.92 Å². The molecule has 2 N–H and O–H groups in total. The highest BCUT2D eigenvalue weighted by Gasteiger charge is 2.35. The number of carbonyl (C=O) groups excluding carboxylic acids is 1. The third kappa shape index (κ3) is 4.55. The first-order chi connectivity index (χ1) is 19.3. The van der Waals surface area contributed by atoms with Crippen LogP contribution < -0.4 is 16.0 Å². The molecule has 6 rings (SSSR count). The maximum Gasteiger partial charge on any atom is 0.345 e. The molecule has 0 bridgehead atoms. The van der Waals surface area contributed by atoms with Gasteiger partial charge in [-0.3, -0.25) is 4.79 Å². The molecule has 10 nitrogen and oxygen atoms in total. The third-order valence-corrected chi connectivity index (χ3v) is 6.79. The SMILES string of the molecule is Cc1cc(=O)oc2cc(OCC(=O)N3N=C(c4cc5ccccc5oc4=O)CC3c3ccc(O)c(O)c3)ccc12. The van der Waals surface area contributed by atoms with Crippen LogP contribution >= 0.6 is 0 Å². The number of rotatable bonds is 5. The first kappa shape index (κ1) is 24.9. The van der Waals surface area contributed by atoms with Crippen LogP contribution in [0.25, 0.3) is 21.9 Å². The normalized spacial score (nSPS) is 15.0. The first-order valence-electron chi connectivity index (χ1n) is 12.4. The molecule has 1 atom stereocenters. The number of amides is 1. The number of hydrogen-bond acceptors (Lipinski definition) is 9. The van der Waals surface area contributed by atoms with E-state index < -0.39 is 29.8 Å². The number of ether oxygens (including phenoxy) is 1. The van der Waals surface area contributed by atoms with E-state index in [-0.39, 0.29) is 23.5 Å². The zero-order valence-corrected chi connectivity index (χ0v) is 21.2. The maximum absolute atomic E-state index is 13.4. The van der Waals surface area contributed by atoms with Gasteiger partial charge in [0.1, 0.15) is 16.9 Å². The second-order valence-electron chi connectivity index (χ2n) is 9.43. The van der Waals surface area contributed by atoms with E-state index in [1.54, 1.807) is 49.4 Å². The molecule has 3 heterocycles. The Hall–Kier alpha value is -5.38. The highest BCUT2D eigenvalue weighted by molar-refractivity contribution is 6.04. The van der Waals surface area contributed by atoms with Crippen molar-refractivity contribution in [1.29, 1.82) is 0 Å². The van der Waals surface area contributed by atoms with Gasteiger partial charge in [-0.1, -0.05) is 24.3 Å². The van der Waals surface area contributed by atoms with Gasteiger partial charge in [-0.2, -0.15) is 5.10 Å². The number of para-hydroxylation sites is 1. The van der Waals surface area contributed by atoms with Crippen LogP contribution in [0.2, 0.25) is 0 Å². The third-order valence-electron chi connectivity index (χ3n) is 6.79. The number of carbonyl (C=O) groups is 1. The van der Waals surface area contributed by atoms with E-state index in [0.717, 1.165) is 10.9 Å². The average molecular weight is 539 g/mol. The number of hydrogen-bond donors (Lipinski definition) is 2. The average Bonchev–Trinajstić information content (AvgIpc) is 3.38. The van der Waals surface area contributed by atoms with Gasteiger partial charge in [-0.05, 0) is 54.4 Å². The molecule has 1 unspecified atom stereocenters. The van der Waals surface area contributed by atoms with Crippen LogP contribution in [-0.4, -0.2) is 33.4 Å². The highest BCUT2D eigenvalue weighted by Crippen LogP contribution is 2.36. The molecule has 200 valence electrons. The van der Waals surface area contributed by atoms with E-state index in [9.17, 15) is 24.6 Å². The molecule has 10 heteroatoms. The van der Waals surface area contributed by atoms with Gasteiger partial charge >= 0.3 is 11.3 Å². The molecule has 5 aromatic rings. The van der Waals surface area contributed by atoms with Crippen molar-refractivity contribution in [2.45, 2.75) is 19.4 Å². The number of phenolic OH excluding ortho intramolecular Hbond substituents is 2. The van der Waals surface area contributed by atoms with Crippen molar-refractivity contribution in [1.82, 2.24) is 5.01 Å². The minimum atomic E-state index is -0.694. The smallest absolute Gasteiger partial charge is 0.345 e. The fraction of sp³-hybridized carbons (Fsp3) is 0.133. The zero-order valence-electron chi connectivity index (χ0n) is 21.2. The van der Waals surface area contributed by atoms with Crippen LogP contribution in [-0.2, 0) is 4.79 Å². The van der Waals surface area contributed by atoms with Crippen molar-refractivity contribution in [3.63, 3.8) is 0 Å². The lowest BCUT2D eigenvalue weighted by Crippen LogP contribution is -2.31. The van der Waals surface area contributed by atoms with E-state index in [1.807, 2.05) is 6.07 Å². The van der Waals surface area contributed by atoms with Gasteiger partial charge in [0.15, 0.2) is 18.1 Å². The Kier molecular flexibility index (Phi) is 6.07. The molecule has 1 aliphatic heterocycles. The van der Waals surface area contributed by atoms with Gasteiger partial charge in [-0.15, -0.1) is 0 Å². The molecule has 40 heavy (non-hydrogen) atoms. The summed E-state index contributed by atoms with van der Waals surface area (Å²) in [5.74, 6) is -0.874. The minimum absolute atomic E-state index is 0.152. The number of hydrazone groups is 1. The highest BCUT2D eigenvalue weighted by atomic mass is 16.5. The van der Waals surface area contributed by atoms with Crippen LogP contribution in [0.3, 0.4) is 0 Å². The van der Waals surface area contributed by atoms with E-state index in [2.05, 4.69) is 5.10 Å². The first-order valence-corrected chi connectivity index (χ1v) is 12.4. The van der Waals surface area contributed by atoms with E-state index in [4.69, 9.17) is 13.6 Å². The molecule has 0 radical (unpaired) electrons. The number of nitrogens with zero attached hydrogens (tertiary/aromatic N) is 2. The van der Waals surface area contributed by atoms with Crippen molar-refractivity contribution in [2.24, 2.45) is 5.10 Å². The van der Waals surface area contributed by atoms with Crippen LogP contribution in [0.5, 0.6) is 17.2 Å². The fourth-order valence-corrected chi connectivity index (χ4v) is 4.78. The summed E-state index contributed by atoms with van der Waals surface area (Å²) in [6.07, 6.45) is 0.152. The Balaban J connectivity index is 1.32. The predicted octanol–water partition coefficient (Wildman–Crippen LogP) is 4.38. The monoisotopic (exact) mass is 538 g/mol. The summed E-state index contributed by atoms with van der Waals surface area (Å²) < 4.78 is 16.4. The molecule has 3 aromatic carbocycles. The second kappa shape index (κ2) is 9.73. The van der Waals surface area contributed by atoms with Crippen LogP contribution in [0.4, 0.5) is 0 Å². The standard InChI is InChI=1S/C30H22N2O8/c1-16-10-29(36)39-27-13-19(7-8-20(16)27)38-15-28(35)32-23(17-6-9-24(33)25(34)12-17)14-22(31-32)21-11-18-4-2-3-5-26(18)40-30(21)37/h2-13,23,33-34H,14-15H2,1H3. The molecule has 1 aliphatic rings. The zero-order chi connectivity index (χ0) is 28.0. The van der Waals surface area contributed by atoms with Gasteiger partial charge in [0.05, 0.1) is 17.3 Å². The molecule has 2 aromatic heterocycles. The van der Waals surface area contributed by atoms with Crippen molar-refractivity contribution >= 4 is 33.6 Å². The van der Waals surface area contributed by atoms with Crippen molar-refractivity contribution in [2.75, 3.05) is 6.61 Å². The van der Waals surface area contributed by atoms with Crippen LogP contribution in [0.15, 0.2) is 96.3 Å². The fourth-order valence-electron chi connectivity index (χ4n) is 4.78. The Morgan fingerprint density at radius 3 is 2.62 bits per heavy atom. The molecule has 0 aliphatic carbocycles. The van der Waals surface area contributed by atoms with E-state index in [1.165, 1.54) is 29.3 Å². The van der Waals surface area contributed by atoms with Gasteiger partial charge in [0, 0.05) is 29.3 Å². The van der Waals surface area contributed by atoms with Crippen molar-refractivity contribution in [3.8, 4) is 17.2 Å². The molecule has 0 fully saturated rings. The van der Waals surface area contributed by atoms with Gasteiger partial charge < -0.3 is 23.8 Å². The maximum atomic E-state index is 13.4. The molecule has 0 saturated heterocycles. The molecular formula is C30H22N2O8. The largest absolute Gasteiger partial charge is 0.504 e. The lowest BCUT2D eigenvalue weighted by Gasteiger charge is -2.22. The lowest BCUT2D eigenvalue weighted by atomic mass is 9.98. The van der Waals surface area contributed by atoms with Gasteiger partial charge in [0.2, 0.25) is 0 Å². The topological polar surface area (TPSA) is 143 Å². The number of aromatic hydroxyl groups is 2. The summed E-state index contributed by atoms with van der Waals surface area (Å²) in [7, 11) is 0. The molecule has 1 amide bonds. The van der Waals surface area contributed by atoms with Gasteiger partial charge in [0.25, 0.3) is 5.91 Å². The predicted molar refractivity (Wildman–Crippen MR) is 146 cm³/mol. The Labute approximate surface area is 226 Å². The summed E-state index contributed by atoms with van der Waals surface area (Å²) >= 11 is 0. The van der Waals surface area contributed by atoms with Crippen molar-refractivity contribution < 1.29 is 28.6 Å². The Morgan fingerprint density at radius 2 is 1.80 bits per heavy atom. The summed E-state index contributed by atoms with van der Waals surface area (Å²) in [6.45, 7) is 1.38. The summed E-state index contributed by atoms with van der Waals surface area (Å²) in [6, 6.07) is 18.6. The summed E-state index contributed by atoms with van der Waals surface area (Å²) in [4.78, 5) is 38.0. The van der Waals surface area contributed by atoms with E-state index in [0.29, 0.717) is 33.6 Å². The van der Waals surface area contributed by atoms with Crippen molar-refractivity contribution in [3.05, 3.63) is 110 Å². The quantitative estimate of drug-likeness (QED) is 0.248. The van der Waals surface area contributed by atoms with Crippen LogP contribution in [0.1, 0.15) is 29.2 Å². The number of benzene rings is 3. The minimum Gasteiger partial charge on any atom is -0.504 e. The van der Waals surface area contributed by atoms with E-state index >= 15 is 0 Å². The number of aryl methyl sites for hydroxylation is 1. The molecule has 0 spiro atoms. The summed E-state index contributed by atoms with van der Waals surface area (Å²) in [5, 5.41) is 27.0. The Morgan fingerprint density at radius 1 is 0.975 bits per heavy atom. The number of phenols is 2. The molecular weight excluding hydrogens is 516 g/mol. The lowest BCUT2D eigenvalue weighted by molar-refractivity contribution is -0.135. The van der Waals surface area contributed by atoms with Gasteiger partial charge in [-0.25, -0.2) is 14.6 Å². The molecule has 0 saturated carbocycles. The second-order valence-corrected chi connectivity index (χ2v) is 9.43. The number of fused-ring (bicyclic) bond motifs is 2. The summed E-state index contributed by atoms with van der Waals surface area (Å²) in [5.41, 5.74) is 1.46. The Bertz CT molecular complexity index is 1960.